The van der Waals surface area contributed by atoms with Crippen molar-refractivity contribution in [3.05, 3.63) is 0 Å². The quantitative estimate of drug-likeness (QED) is 0.850. The smallest absolute Gasteiger partial charge is 0.157 e. The first-order chi connectivity index (χ1) is 9.30. The van der Waals surface area contributed by atoms with Crippen molar-refractivity contribution in [3.63, 3.8) is 0 Å². The summed E-state index contributed by atoms with van der Waals surface area (Å²) in [5.74, 6) is 2.51. The lowest BCUT2D eigenvalue weighted by Gasteiger charge is -2.32. The lowest BCUT2D eigenvalue weighted by molar-refractivity contribution is 0.303. The maximum atomic E-state index is 5.01. The molecule has 0 bridgehead atoms. The number of hydrogen-bond acceptors (Lipinski definition) is 3. The van der Waals surface area contributed by atoms with Crippen LogP contribution < -0.4 is 5.32 Å². The van der Waals surface area contributed by atoms with Crippen LogP contribution in [0.15, 0.2) is 4.99 Å². The summed E-state index contributed by atoms with van der Waals surface area (Å²) in [6.07, 6.45) is 10.9. The molecule has 1 saturated heterocycles. The van der Waals surface area contributed by atoms with Crippen molar-refractivity contribution in [1.82, 2.24) is 5.32 Å². The van der Waals surface area contributed by atoms with Gasteiger partial charge < -0.3 is 5.32 Å². The summed E-state index contributed by atoms with van der Waals surface area (Å²) in [5, 5.41) is 5.91. The van der Waals surface area contributed by atoms with Gasteiger partial charge in [0.15, 0.2) is 5.17 Å². The lowest BCUT2D eigenvalue weighted by Crippen LogP contribution is -2.45. The number of hydrogen-bond donors (Lipinski definition) is 1. The molecule has 0 aromatic rings. The van der Waals surface area contributed by atoms with Crippen LogP contribution >= 0.6 is 23.5 Å². The maximum Gasteiger partial charge on any atom is 0.157 e. The monoisotopic (exact) mass is 298 g/mol. The standard InChI is InChI=1S/C15H26N2S2/c1-2-18-13-7-6-12(10-13)16-14-17-15(11-19-14)8-4-3-5-9-15/h12-13H,2-11H2,1H3,(H,16,17). The van der Waals surface area contributed by atoms with Crippen LogP contribution in [0.25, 0.3) is 0 Å². The number of aliphatic imine (C=N–C) groups is 1. The molecule has 3 fully saturated rings. The summed E-state index contributed by atoms with van der Waals surface area (Å²) in [6.45, 7) is 2.27. The van der Waals surface area contributed by atoms with Crippen LogP contribution in [0.2, 0.25) is 0 Å². The Morgan fingerprint density at radius 1 is 1.32 bits per heavy atom. The molecule has 0 aromatic carbocycles. The van der Waals surface area contributed by atoms with Crippen molar-refractivity contribution < 1.29 is 0 Å². The van der Waals surface area contributed by atoms with E-state index in [0.717, 1.165) is 5.25 Å². The minimum Gasteiger partial charge on any atom is -0.359 e. The van der Waals surface area contributed by atoms with Gasteiger partial charge in [-0.2, -0.15) is 11.8 Å². The van der Waals surface area contributed by atoms with Gasteiger partial charge in [-0.25, -0.2) is 0 Å². The topological polar surface area (TPSA) is 24.4 Å². The zero-order chi connectivity index (χ0) is 13.1. The van der Waals surface area contributed by atoms with Gasteiger partial charge in [-0.3, -0.25) is 4.99 Å². The highest BCUT2D eigenvalue weighted by Crippen LogP contribution is 2.37. The van der Waals surface area contributed by atoms with Crippen LogP contribution in [0.1, 0.15) is 58.3 Å². The summed E-state index contributed by atoms with van der Waals surface area (Å²) in [5.41, 5.74) is 0.415. The molecule has 0 aromatic heterocycles. The third kappa shape index (κ3) is 3.44. The van der Waals surface area contributed by atoms with Gasteiger partial charge in [0, 0.05) is 16.5 Å². The van der Waals surface area contributed by atoms with Gasteiger partial charge in [0.25, 0.3) is 0 Å². The summed E-state index contributed by atoms with van der Waals surface area (Å²) in [6, 6.07) is 0.595. The predicted octanol–water partition coefficient (Wildman–Crippen LogP) is 4.06. The first-order valence-electron chi connectivity index (χ1n) is 7.90. The Morgan fingerprint density at radius 2 is 2.16 bits per heavy atom. The second-order valence-corrected chi connectivity index (χ2v) is 8.77. The van der Waals surface area contributed by atoms with Crippen LogP contribution in [0, 0.1) is 0 Å². The highest BCUT2D eigenvalue weighted by atomic mass is 32.2. The van der Waals surface area contributed by atoms with Crippen molar-refractivity contribution in [2.75, 3.05) is 11.5 Å². The Balaban J connectivity index is 1.54. The Hall–Kier alpha value is 0.170. The number of amidine groups is 1. The molecule has 0 amide bonds. The van der Waals surface area contributed by atoms with Gasteiger partial charge >= 0.3 is 0 Å². The molecule has 1 aliphatic heterocycles. The predicted molar refractivity (Wildman–Crippen MR) is 88.4 cm³/mol. The fourth-order valence-electron chi connectivity index (χ4n) is 3.66. The van der Waals surface area contributed by atoms with Crippen molar-refractivity contribution >= 4 is 28.7 Å². The SMILES string of the molecule is CCSC1CCC(N=C2NC3(CCCCC3)CS2)C1. The van der Waals surface area contributed by atoms with E-state index >= 15 is 0 Å². The molecular formula is C15H26N2S2. The van der Waals surface area contributed by atoms with E-state index in [4.69, 9.17) is 4.99 Å². The average Bonchev–Trinajstić information content (AvgIpc) is 3.00. The second-order valence-electron chi connectivity index (χ2n) is 6.23. The van der Waals surface area contributed by atoms with Crippen LogP contribution in [0.5, 0.6) is 0 Å². The van der Waals surface area contributed by atoms with Crippen molar-refractivity contribution in [2.45, 2.75) is 75.1 Å². The first-order valence-corrected chi connectivity index (χ1v) is 9.93. The Morgan fingerprint density at radius 3 is 2.95 bits per heavy atom. The fraction of sp³-hybridized carbons (Fsp3) is 0.933. The third-order valence-corrected chi connectivity index (χ3v) is 7.14. The molecule has 108 valence electrons. The van der Waals surface area contributed by atoms with Crippen molar-refractivity contribution in [3.8, 4) is 0 Å². The second kappa shape index (κ2) is 6.30. The van der Waals surface area contributed by atoms with Gasteiger partial charge in [0.2, 0.25) is 0 Å². The molecule has 2 atom stereocenters. The summed E-state index contributed by atoms with van der Waals surface area (Å²) < 4.78 is 0. The molecule has 2 unspecified atom stereocenters. The molecule has 2 saturated carbocycles. The largest absolute Gasteiger partial charge is 0.359 e. The fourth-order valence-corrected chi connectivity index (χ4v) is 6.08. The minimum atomic E-state index is 0.415. The van der Waals surface area contributed by atoms with E-state index < -0.39 is 0 Å². The zero-order valence-electron chi connectivity index (χ0n) is 12.0. The number of rotatable bonds is 3. The number of nitrogens with one attached hydrogen (secondary N) is 1. The molecular weight excluding hydrogens is 272 g/mol. The zero-order valence-corrected chi connectivity index (χ0v) is 13.6. The first kappa shape index (κ1) is 14.1. The van der Waals surface area contributed by atoms with Gasteiger partial charge in [-0.1, -0.05) is 37.9 Å². The third-order valence-electron chi connectivity index (χ3n) is 4.73. The molecule has 3 aliphatic rings. The lowest BCUT2D eigenvalue weighted by atomic mass is 9.83. The van der Waals surface area contributed by atoms with Gasteiger partial charge in [0.05, 0.1) is 6.04 Å². The molecule has 2 aliphatic carbocycles. The molecule has 19 heavy (non-hydrogen) atoms. The van der Waals surface area contributed by atoms with Gasteiger partial charge in [-0.15, -0.1) is 0 Å². The highest BCUT2D eigenvalue weighted by Gasteiger charge is 2.38. The molecule has 4 heteroatoms. The van der Waals surface area contributed by atoms with Crippen LogP contribution in [0.3, 0.4) is 0 Å². The minimum absolute atomic E-state index is 0.415. The van der Waals surface area contributed by atoms with Crippen molar-refractivity contribution in [2.24, 2.45) is 4.99 Å². The Kier molecular flexibility index (Phi) is 4.68. The van der Waals surface area contributed by atoms with Crippen LogP contribution in [-0.4, -0.2) is 33.5 Å². The summed E-state index contributed by atoms with van der Waals surface area (Å²) in [4.78, 5) is 5.01. The van der Waals surface area contributed by atoms with Crippen LogP contribution in [-0.2, 0) is 0 Å². The Labute approximate surface area is 126 Å². The van der Waals surface area contributed by atoms with E-state index in [9.17, 15) is 0 Å². The van der Waals surface area contributed by atoms with E-state index in [2.05, 4.69) is 24.0 Å². The van der Waals surface area contributed by atoms with E-state index in [1.54, 1.807) is 0 Å². The Bertz CT molecular complexity index is 337. The molecule has 1 spiro atoms. The summed E-state index contributed by atoms with van der Waals surface area (Å²) in [7, 11) is 0. The normalized spacial score (nSPS) is 35.9. The maximum absolute atomic E-state index is 5.01. The van der Waals surface area contributed by atoms with E-state index in [0.29, 0.717) is 11.6 Å². The molecule has 1 heterocycles. The van der Waals surface area contributed by atoms with E-state index in [1.165, 1.54) is 68.0 Å². The average molecular weight is 299 g/mol. The van der Waals surface area contributed by atoms with Gasteiger partial charge in [-0.05, 0) is 37.9 Å². The number of thioether (sulfide) groups is 2. The molecule has 3 rings (SSSR count). The number of nitrogens with zero attached hydrogens (tertiary/aromatic N) is 1. The van der Waals surface area contributed by atoms with E-state index in [-0.39, 0.29) is 0 Å². The van der Waals surface area contributed by atoms with E-state index in [1.807, 2.05) is 11.8 Å². The van der Waals surface area contributed by atoms with Crippen molar-refractivity contribution in [1.29, 1.82) is 0 Å². The van der Waals surface area contributed by atoms with Gasteiger partial charge in [0.1, 0.15) is 0 Å². The molecule has 1 N–H and O–H groups in total. The molecule has 2 nitrogen and oxygen atoms in total. The highest BCUT2D eigenvalue weighted by molar-refractivity contribution is 8.14. The summed E-state index contributed by atoms with van der Waals surface area (Å²) >= 11 is 4.11. The molecule has 0 radical (unpaired) electrons. The van der Waals surface area contributed by atoms with Crippen LogP contribution in [0.4, 0.5) is 0 Å².